The topological polar surface area (TPSA) is 26.3 Å². The Kier molecular flexibility index (Phi) is 3.96. The SMILES string of the molecule is CCOC(=O)c1cc(Br)ccc1C(F)(F)F. The van der Waals surface area contributed by atoms with E-state index in [-0.39, 0.29) is 6.61 Å². The number of rotatable bonds is 2. The van der Waals surface area contributed by atoms with Crippen LogP contribution < -0.4 is 0 Å². The van der Waals surface area contributed by atoms with E-state index in [4.69, 9.17) is 0 Å². The summed E-state index contributed by atoms with van der Waals surface area (Å²) in [5, 5.41) is 0. The number of benzene rings is 1. The van der Waals surface area contributed by atoms with Crippen molar-refractivity contribution < 1.29 is 22.7 Å². The molecule has 0 aliphatic rings. The van der Waals surface area contributed by atoms with Gasteiger partial charge in [-0.05, 0) is 25.1 Å². The molecule has 0 amide bonds. The molecule has 0 aliphatic carbocycles. The van der Waals surface area contributed by atoms with E-state index in [9.17, 15) is 18.0 Å². The molecule has 0 N–H and O–H groups in total. The van der Waals surface area contributed by atoms with E-state index in [1.54, 1.807) is 0 Å². The van der Waals surface area contributed by atoms with Crippen LogP contribution in [0.15, 0.2) is 22.7 Å². The molecule has 0 saturated carbocycles. The highest BCUT2D eigenvalue weighted by atomic mass is 79.9. The van der Waals surface area contributed by atoms with Gasteiger partial charge >= 0.3 is 12.1 Å². The van der Waals surface area contributed by atoms with Gasteiger partial charge in [-0.3, -0.25) is 0 Å². The first-order valence-electron chi connectivity index (χ1n) is 4.40. The molecular weight excluding hydrogens is 289 g/mol. The standard InChI is InChI=1S/C10H8BrF3O2/c1-2-16-9(15)7-5-6(11)3-4-8(7)10(12,13)14/h3-5H,2H2,1H3. The lowest BCUT2D eigenvalue weighted by molar-refractivity contribution is -0.138. The van der Waals surface area contributed by atoms with Crippen molar-refractivity contribution in [3.05, 3.63) is 33.8 Å². The van der Waals surface area contributed by atoms with E-state index in [0.717, 1.165) is 12.1 Å². The van der Waals surface area contributed by atoms with Crippen LogP contribution in [0.3, 0.4) is 0 Å². The zero-order valence-corrected chi connectivity index (χ0v) is 9.85. The first-order chi connectivity index (χ1) is 7.36. The van der Waals surface area contributed by atoms with E-state index in [0.29, 0.717) is 4.47 Å². The number of hydrogen-bond acceptors (Lipinski definition) is 2. The Labute approximate surface area is 98.5 Å². The number of hydrogen-bond donors (Lipinski definition) is 0. The monoisotopic (exact) mass is 296 g/mol. The molecule has 0 spiro atoms. The van der Waals surface area contributed by atoms with Crippen molar-refractivity contribution in [1.29, 1.82) is 0 Å². The van der Waals surface area contributed by atoms with Crippen molar-refractivity contribution in [2.45, 2.75) is 13.1 Å². The van der Waals surface area contributed by atoms with Gasteiger partial charge in [0.1, 0.15) is 0 Å². The fourth-order valence-electron chi connectivity index (χ4n) is 1.14. The highest BCUT2D eigenvalue weighted by Gasteiger charge is 2.35. The number of carbonyl (C=O) groups is 1. The largest absolute Gasteiger partial charge is 0.462 e. The molecule has 0 aromatic heterocycles. The molecule has 0 aliphatic heterocycles. The predicted octanol–water partition coefficient (Wildman–Crippen LogP) is 3.64. The Morgan fingerprint density at radius 3 is 2.56 bits per heavy atom. The van der Waals surface area contributed by atoms with Crippen LogP contribution >= 0.6 is 15.9 Å². The third-order valence-electron chi connectivity index (χ3n) is 1.78. The van der Waals surface area contributed by atoms with E-state index in [1.165, 1.54) is 13.0 Å². The van der Waals surface area contributed by atoms with Crippen LogP contribution in [0.4, 0.5) is 13.2 Å². The molecule has 1 aromatic rings. The molecule has 0 bridgehead atoms. The Morgan fingerprint density at radius 1 is 1.44 bits per heavy atom. The molecule has 0 fully saturated rings. The van der Waals surface area contributed by atoms with Gasteiger partial charge in [0.15, 0.2) is 0 Å². The van der Waals surface area contributed by atoms with Crippen molar-refractivity contribution >= 4 is 21.9 Å². The molecule has 2 nitrogen and oxygen atoms in total. The highest BCUT2D eigenvalue weighted by molar-refractivity contribution is 9.10. The maximum absolute atomic E-state index is 12.6. The van der Waals surface area contributed by atoms with Crippen LogP contribution in [0.2, 0.25) is 0 Å². The van der Waals surface area contributed by atoms with Crippen LogP contribution in [-0.2, 0) is 10.9 Å². The first kappa shape index (κ1) is 13.0. The van der Waals surface area contributed by atoms with Gasteiger partial charge in [0.2, 0.25) is 0 Å². The quantitative estimate of drug-likeness (QED) is 0.779. The zero-order valence-electron chi connectivity index (χ0n) is 8.27. The maximum Gasteiger partial charge on any atom is 0.417 e. The van der Waals surface area contributed by atoms with E-state index < -0.39 is 23.3 Å². The van der Waals surface area contributed by atoms with Crippen molar-refractivity contribution in [2.24, 2.45) is 0 Å². The van der Waals surface area contributed by atoms with Crippen molar-refractivity contribution in [2.75, 3.05) is 6.61 Å². The molecule has 0 heterocycles. The summed E-state index contributed by atoms with van der Waals surface area (Å²) in [6.07, 6.45) is -4.57. The Morgan fingerprint density at radius 2 is 2.06 bits per heavy atom. The average molecular weight is 297 g/mol. The van der Waals surface area contributed by atoms with Gasteiger partial charge in [0.25, 0.3) is 0 Å². The second kappa shape index (κ2) is 4.86. The first-order valence-corrected chi connectivity index (χ1v) is 5.19. The fourth-order valence-corrected chi connectivity index (χ4v) is 1.50. The summed E-state index contributed by atoms with van der Waals surface area (Å²) in [6, 6.07) is 3.17. The minimum Gasteiger partial charge on any atom is -0.462 e. The summed E-state index contributed by atoms with van der Waals surface area (Å²) < 4.78 is 42.6. The molecule has 6 heteroatoms. The molecular formula is C10H8BrF3O2. The highest BCUT2D eigenvalue weighted by Crippen LogP contribution is 2.33. The molecule has 0 atom stereocenters. The zero-order chi connectivity index (χ0) is 12.3. The average Bonchev–Trinajstić information content (AvgIpc) is 2.16. The molecule has 1 aromatic carbocycles. The second-order valence-electron chi connectivity index (χ2n) is 2.91. The van der Waals surface area contributed by atoms with Gasteiger partial charge in [-0.2, -0.15) is 13.2 Å². The van der Waals surface area contributed by atoms with E-state index >= 15 is 0 Å². The lowest BCUT2D eigenvalue weighted by Gasteiger charge is -2.12. The van der Waals surface area contributed by atoms with Crippen LogP contribution in [0.5, 0.6) is 0 Å². The summed E-state index contributed by atoms with van der Waals surface area (Å²) in [4.78, 5) is 11.3. The van der Waals surface area contributed by atoms with Gasteiger partial charge in [-0.15, -0.1) is 0 Å². The molecule has 1 rings (SSSR count). The minimum atomic E-state index is -4.57. The predicted molar refractivity (Wildman–Crippen MR) is 55.1 cm³/mol. The third kappa shape index (κ3) is 2.98. The summed E-state index contributed by atoms with van der Waals surface area (Å²) in [6.45, 7) is 1.56. The lowest BCUT2D eigenvalue weighted by atomic mass is 10.1. The summed E-state index contributed by atoms with van der Waals surface area (Å²) in [5.74, 6) is -0.976. The number of halogens is 4. The van der Waals surface area contributed by atoms with Crippen LogP contribution in [0.1, 0.15) is 22.8 Å². The van der Waals surface area contributed by atoms with Crippen molar-refractivity contribution in [3.63, 3.8) is 0 Å². The number of esters is 1. The Hall–Kier alpha value is -1.04. The molecule has 0 radical (unpaired) electrons. The summed E-state index contributed by atoms with van der Waals surface area (Å²) in [7, 11) is 0. The van der Waals surface area contributed by atoms with Gasteiger partial charge in [0, 0.05) is 4.47 Å². The summed E-state index contributed by atoms with van der Waals surface area (Å²) in [5.41, 5.74) is -1.47. The van der Waals surface area contributed by atoms with Gasteiger partial charge < -0.3 is 4.74 Å². The minimum absolute atomic E-state index is 0.0304. The molecule has 0 saturated heterocycles. The van der Waals surface area contributed by atoms with E-state index in [2.05, 4.69) is 20.7 Å². The summed E-state index contributed by atoms with van der Waals surface area (Å²) >= 11 is 3.01. The smallest absolute Gasteiger partial charge is 0.417 e. The lowest BCUT2D eigenvalue weighted by Crippen LogP contribution is -2.15. The third-order valence-corrected chi connectivity index (χ3v) is 2.28. The normalized spacial score (nSPS) is 11.3. The van der Waals surface area contributed by atoms with Gasteiger partial charge in [-0.1, -0.05) is 15.9 Å². The number of carbonyl (C=O) groups excluding carboxylic acids is 1. The van der Waals surface area contributed by atoms with Crippen LogP contribution in [0, 0.1) is 0 Å². The molecule has 16 heavy (non-hydrogen) atoms. The van der Waals surface area contributed by atoms with Crippen molar-refractivity contribution in [1.82, 2.24) is 0 Å². The number of alkyl halides is 3. The van der Waals surface area contributed by atoms with Gasteiger partial charge in [0.05, 0.1) is 17.7 Å². The fraction of sp³-hybridized carbons (Fsp3) is 0.300. The maximum atomic E-state index is 12.6. The van der Waals surface area contributed by atoms with Crippen molar-refractivity contribution in [3.8, 4) is 0 Å². The molecule has 88 valence electrons. The Bertz CT molecular complexity index is 402. The van der Waals surface area contributed by atoms with Crippen LogP contribution in [-0.4, -0.2) is 12.6 Å². The van der Waals surface area contributed by atoms with Gasteiger partial charge in [-0.25, -0.2) is 4.79 Å². The number of ether oxygens (including phenoxy) is 1. The van der Waals surface area contributed by atoms with E-state index in [1.807, 2.05) is 0 Å². The Balaban J connectivity index is 3.24. The molecule has 0 unspecified atom stereocenters. The second-order valence-corrected chi connectivity index (χ2v) is 3.82. The van der Waals surface area contributed by atoms with Crippen LogP contribution in [0.25, 0.3) is 0 Å².